The first-order valence-electron chi connectivity index (χ1n) is 8.39. The molecule has 1 atom stereocenters. The highest BCUT2D eigenvalue weighted by atomic mass is 32.2. The number of para-hydroxylation sites is 1. The molecule has 1 aromatic heterocycles. The third kappa shape index (κ3) is 2.27. The van der Waals surface area contributed by atoms with Crippen molar-refractivity contribution in [3.63, 3.8) is 0 Å². The number of benzene rings is 2. The lowest BCUT2D eigenvalue weighted by molar-refractivity contribution is 0.333. The van der Waals surface area contributed by atoms with Crippen LogP contribution in [0.4, 0.5) is 10.1 Å². The Labute approximate surface area is 153 Å². The number of fused-ring (bicyclic) bond motifs is 4. The summed E-state index contributed by atoms with van der Waals surface area (Å²) in [5, 5.41) is 8.30. The van der Waals surface area contributed by atoms with E-state index in [0.29, 0.717) is 11.4 Å². The molecule has 1 unspecified atom stereocenters. The fourth-order valence-electron chi connectivity index (χ4n) is 3.56. The van der Waals surface area contributed by atoms with Crippen molar-refractivity contribution in [1.29, 1.82) is 0 Å². The Morgan fingerprint density at radius 1 is 1.15 bits per heavy atom. The molecule has 0 radical (unpaired) electrons. The molecular formula is C19H15FN4OS. The number of rotatable bonds is 1. The lowest BCUT2D eigenvalue weighted by Crippen LogP contribution is -2.47. The maximum Gasteiger partial charge on any atom is 0.300 e. The summed E-state index contributed by atoms with van der Waals surface area (Å²) in [5.41, 5.74) is 1.85. The van der Waals surface area contributed by atoms with Gasteiger partial charge < -0.3 is 5.32 Å². The van der Waals surface area contributed by atoms with Crippen LogP contribution in [0.1, 0.15) is 6.42 Å². The van der Waals surface area contributed by atoms with Crippen molar-refractivity contribution in [3.05, 3.63) is 64.7 Å². The summed E-state index contributed by atoms with van der Waals surface area (Å²) in [6, 6.07) is 13.6. The molecule has 5 rings (SSSR count). The zero-order valence-electron chi connectivity index (χ0n) is 13.8. The normalized spacial score (nSPS) is 20.5. The maximum absolute atomic E-state index is 13.3. The second kappa shape index (κ2) is 5.67. The van der Waals surface area contributed by atoms with Gasteiger partial charge in [0.05, 0.1) is 0 Å². The van der Waals surface area contributed by atoms with E-state index < -0.39 is 11.2 Å². The Morgan fingerprint density at radius 3 is 2.73 bits per heavy atom. The fourth-order valence-corrected chi connectivity index (χ4v) is 4.86. The largest absolute Gasteiger partial charge is 0.360 e. The summed E-state index contributed by atoms with van der Waals surface area (Å²) in [6.07, 6.45) is 0.888. The zero-order chi connectivity index (χ0) is 17.7. The van der Waals surface area contributed by atoms with Gasteiger partial charge in [0.25, 0.3) is 5.56 Å². The molecule has 1 spiro atoms. The van der Waals surface area contributed by atoms with Crippen LogP contribution in [-0.4, -0.2) is 26.3 Å². The van der Waals surface area contributed by atoms with E-state index in [0.717, 1.165) is 29.2 Å². The monoisotopic (exact) mass is 366 g/mol. The molecule has 1 N–H and O–H groups in total. The average Bonchev–Trinajstić information content (AvgIpc) is 3.11. The van der Waals surface area contributed by atoms with E-state index >= 15 is 0 Å². The van der Waals surface area contributed by atoms with Crippen LogP contribution in [-0.2, 0) is 5.66 Å². The summed E-state index contributed by atoms with van der Waals surface area (Å²) in [6.45, 7) is 0. The highest BCUT2D eigenvalue weighted by molar-refractivity contribution is 7.99. The van der Waals surface area contributed by atoms with Crippen LogP contribution >= 0.6 is 11.8 Å². The van der Waals surface area contributed by atoms with E-state index in [1.54, 1.807) is 12.1 Å². The predicted octanol–water partition coefficient (Wildman–Crippen LogP) is 3.33. The Balaban J connectivity index is 1.77. The predicted molar refractivity (Wildman–Crippen MR) is 101 cm³/mol. The summed E-state index contributed by atoms with van der Waals surface area (Å²) in [4.78, 5) is 17.1. The zero-order valence-corrected chi connectivity index (χ0v) is 14.6. The summed E-state index contributed by atoms with van der Waals surface area (Å²) in [7, 11) is 0. The van der Waals surface area contributed by atoms with Gasteiger partial charge >= 0.3 is 0 Å². The van der Waals surface area contributed by atoms with Gasteiger partial charge in [0, 0.05) is 29.0 Å². The first-order chi connectivity index (χ1) is 12.7. The van der Waals surface area contributed by atoms with E-state index in [9.17, 15) is 9.18 Å². The van der Waals surface area contributed by atoms with Crippen LogP contribution in [0.5, 0.6) is 0 Å². The number of hydrogen-bond donors (Lipinski definition) is 1. The molecule has 130 valence electrons. The smallest absolute Gasteiger partial charge is 0.300 e. The summed E-state index contributed by atoms with van der Waals surface area (Å²) < 4.78 is 15.1. The molecule has 1 saturated heterocycles. The van der Waals surface area contributed by atoms with Crippen LogP contribution in [0, 0.1) is 5.82 Å². The Kier molecular flexibility index (Phi) is 3.40. The Hall–Kier alpha value is -2.67. The minimum absolute atomic E-state index is 0.242. The third-order valence-electron chi connectivity index (χ3n) is 4.87. The number of hydrogen-bond acceptors (Lipinski definition) is 5. The second-order valence-electron chi connectivity index (χ2n) is 6.51. The second-order valence-corrected chi connectivity index (χ2v) is 7.62. The minimum atomic E-state index is -0.402. The fraction of sp³-hybridized carbons (Fsp3) is 0.211. The molecule has 2 aliphatic heterocycles. The highest BCUT2D eigenvalue weighted by Crippen LogP contribution is 2.43. The third-order valence-corrected chi connectivity index (χ3v) is 6.04. The number of nitrogens with zero attached hydrogens (tertiary/aromatic N) is 3. The van der Waals surface area contributed by atoms with Gasteiger partial charge in [0.2, 0.25) is 0 Å². The SMILES string of the molecule is O=c1nc2n(nc1-c1ccc(F)cc1)C1(CCSC1)Nc1ccccc1-2. The maximum atomic E-state index is 13.3. The average molecular weight is 366 g/mol. The van der Waals surface area contributed by atoms with E-state index in [2.05, 4.69) is 10.3 Å². The lowest BCUT2D eigenvalue weighted by atomic mass is 10.0. The van der Waals surface area contributed by atoms with E-state index in [4.69, 9.17) is 5.10 Å². The minimum Gasteiger partial charge on any atom is -0.360 e. The molecule has 3 heterocycles. The van der Waals surface area contributed by atoms with Gasteiger partial charge in [-0.2, -0.15) is 21.8 Å². The summed E-state index contributed by atoms with van der Waals surface area (Å²) >= 11 is 1.85. The van der Waals surface area contributed by atoms with E-state index in [1.807, 2.05) is 40.7 Å². The highest BCUT2D eigenvalue weighted by Gasteiger charge is 2.42. The van der Waals surface area contributed by atoms with E-state index in [-0.39, 0.29) is 11.5 Å². The van der Waals surface area contributed by atoms with Gasteiger partial charge in [0.15, 0.2) is 11.5 Å². The molecule has 26 heavy (non-hydrogen) atoms. The van der Waals surface area contributed by atoms with Crippen LogP contribution in [0.25, 0.3) is 22.6 Å². The van der Waals surface area contributed by atoms with Gasteiger partial charge in [-0.1, -0.05) is 12.1 Å². The van der Waals surface area contributed by atoms with Gasteiger partial charge in [-0.25, -0.2) is 9.07 Å². The van der Waals surface area contributed by atoms with Crippen LogP contribution in [0.3, 0.4) is 0 Å². The van der Waals surface area contributed by atoms with Gasteiger partial charge in [-0.15, -0.1) is 0 Å². The quantitative estimate of drug-likeness (QED) is 0.716. The lowest BCUT2D eigenvalue weighted by Gasteiger charge is -2.38. The van der Waals surface area contributed by atoms with Crippen molar-refractivity contribution in [2.45, 2.75) is 12.1 Å². The van der Waals surface area contributed by atoms with Crippen molar-refractivity contribution >= 4 is 17.4 Å². The summed E-state index contributed by atoms with van der Waals surface area (Å²) in [5.74, 6) is 2.08. The van der Waals surface area contributed by atoms with Crippen LogP contribution < -0.4 is 10.9 Å². The van der Waals surface area contributed by atoms with Crippen molar-refractivity contribution in [1.82, 2.24) is 14.8 Å². The van der Waals surface area contributed by atoms with Crippen molar-refractivity contribution < 1.29 is 4.39 Å². The van der Waals surface area contributed by atoms with Crippen LogP contribution in [0.15, 0.2) is 53.3 Å². The number of nitrogens with one attached hydrogen (secondary N) is 1. The van der Waals surface area contributed by atoms with Gasteiger partial charge in [-0.3, -0.25) is 4.79 Å². The number of aromatic nitrogens is 3. The molecule has 7 heteroatoms. The molecule has 0 aliphatic carbocycles. The molecule has 0 amide bonds. The number of halogens is 1. The number of anilines is 1. The van der Waals surface area contributed by atoms with Crippen molar-refractivity contribution in [3.8, 4) is 22.6 Å². The molecule has 0 bridgehead atoms. The molecular weight excluding hydrogens is 351 g/mol. The molecule has 0 saturated carbocycles. The molecule has 2 aliphatic rings. The molecule has 3 aromatic rings. The van der Waals surface area contributed by atoms with Crippen molar-refractivity contribution in [2.75, 3.05) is 16.8 Å². The standard InChI is InChI=1S/C19H15FN4OS/c20-13-7-5-12(6-8-13)16-18(25)21-17-14-3-1-2-4-15(14)22-19(24(17)23-16)9-10-26-11-19/h1-8,22H,9-11H2. The Morgan fingerprint density at radius 2 is 1.96 bits per heavy atom. The van der Waals surface area contributed by atoms with Gasteiger partial charge in [-0.05, 0) is 42.2 Å². The van der Waals surface area contributed by atoms with E-state index in [1.165, 1.54) is 12.1 Å². The molecule has 1 fully saturated rings. The number of thioether (sulfide) groups is 1. The van der Waals surface area contributed by atoms with Gasteiger partial charge in [0.1, 0.15) is 11.5 Å². The van der Waals surface area contributed by atoms with Crippen LogP contribution in [0.2, 0.25) is 0 Å². The molecule has 5 nitrogen and oxygen atoms in total. The first kappa shape index (κ1) is 15.6. The Bertz CT molecular complexity index is 1060. The van der Waals surface area contributed by atoms with Crippen molar-refractivity contribution in [2.24, 2.45) is 0 Å². The topological polar surface area (TPSA) is 59.8 Å². The first-order valence-corrected chi connectivity index (χ1v) is 9.55. The molecule has 2 aromatic carbocycles.